The van der Waals surface area contributed by atoms with Crippen molar-refractivity contribution in [3.63, 3.8) is 0 Å². The van der Waals surface area contributed by atoms with Crippen LogP contribution in [0.5, 0.6) is 0 Å². The lowest BCUT2D eigenvalue weighted by atomic mass is 9.81. The van der Waals surface area contributed by atoms with E-state index in [9.17, 15) is 14.4 Å². The molecule has 1 aliphatic carbocycles. The minimum atomic E-state index is -0.586. The fraction of sp³-hybridized carbons (Fsp3) is 0.500. The van der Waals surface area contributed by atoms with Crippen LogP contribution >= 0.6 is 0 Å². The third kappa shape index (κ3) is 7.07. The zero-order chi connectivity index (χ0) is 26.2. The first kappa shape index (κ1) is 26.6. The first-order valence-electron chi connectivity index (χ1n) is 13.2. The van der Waals surface area contributed by atoms with Crippen LogP contribution < -0.4 is 21.7 Å². The Labute approximate surface area is 217 Å². The standard InChI is InChI=1S/C28H37N5O4/c1-37-28(36)31-21-11-12-22-20-13-14-30-25(15-20)23(5-3-2-4-6-26(34)32-24(22)16-21)33-27(35)19-9-7-18(17-29)8-10-19/h11-16,18-19,23H,2-10,17,29H2,1H3,(H,31,36)(H,32,34)(H,33,35)/t18-,19-,23-/m0/s1. The molecular weight excluding hydrogens is 470 g/mol. The van der Waals surface area contributed by atoms with Gasteiger partial charge in [-0.1, -0.05) is 18.9 Å². The molecular formula is C28H37N5O4. The summed E-state index contributed by atoms with van der Waals surface area (Å²) in [6, 6.07) is 9.00. The fourth-order valence-electron chi connectivity index (χ4n) is 5.22. The molecule has 9 nitrogen and oxygen atoms in total. The topological polar surface area (TPSA) is 135 Å². The zero-order valence-corrected chi connectivity index (χ0v) is 21.4. The summed E-state index contributed by atoms with van der Waals surface area (Å²) >= 11 is 0. The van der Waals surface area contributed by atoms with Crippen molar-refractivity contribution in [2.24, 2.45) is 17.6 Å². The molecule has 4 rings (SSSR count). The summed E-state index contributed by atoms with van der Waals surface area (Å²) in [6.07, 6.45) is 8.54. The van der Waals surface area contributed by atoms with Gasteiger partial charge in [0, 0.05) is 29.8 Å². The number of nitrogens with one attached hydrogen (secondary N) is 3. The maximum atomic E-state index is 13.2. The maximum Gasteiger partial charge on any atom is 0.411 e. The van der Waals surface area contributed by atoms with Crippen LogP contribution in [0.15, 0.2) is 36.5 Å². The van der Waals surface area contributed by atoms with Crippen molar-refractivity contribution in [2.75, 3.05) is 24.3 Å². The van der Waals surface area contributed by atoms with Crippen molar-refractivity contribution in [1.82, 2.24) is 10.3 Å². The Morgan fingerprint density at radius 2 is 1.89 bits per heavy atom. The van der Waals surface area contributed by atoms with Crippen molar-refractivity contribution >= 4 is 29.3 Å². The van der Waals surface area contributed by atoms with E-state index in [1.54, 1.807) is 18.3 Å². The molecule has 5 N–H and O–H groups in total. The van der Waals surface area contributed by atoms with E-state index >= 15 is 0 Å². The Kier molecular flexibility index (Phi) is 9.11. The van der Waals surface area contributed by atoms with E-state index in [0.29, 0.717) is 30.3 Å². The number of nitrogens with two attached hydrogens (primary N) is 1. The number of hydrogen-bond donors (Lipinski definition) is 4. The van der Waals surface area contributed by atoms with Gasteiger partial charge in [-0.25, -0.2) is 4.79 Å². The second kappa shape index (κ2) is 12.7. The lowest BCUT2D eigenvalue weighted by Gasteiger charge is -2.28. The van der Waals surface area contributed by atoms with Crippen LogP contribution in [0.4, 0.5) is 16.2 Å². The minimum absolute atomic E-state index is 0.0128. The predicted octanol–water partition coefficient (Wildman–Crippen LogP) is 4.75. The fourth-order valence-corrected chi connectivity index (χ4v) is 5.22. The lowest BCUT2D eigenvalue weighted by Crippen LogP contribution is -2.37. The smallest absolute Gasteiger partial charge is 0.411 e. The normalized spacial score (nSPS) is 22.2. The number of amides is 3. The largest absolute Gasteiger partial charge is 0.453 e. The number of benzene rings is 1. The van der Waals surface area contributed by atoms with E-state index in [1.807, 2.05) is 18.2 Å². The molecule has 198 valence electrons. The van der Waals surface area contributed by atoms with Crippen LogP contribution in [-0.4, -0.2) is 36.5 Å². The highest BCUT2D eigenvalue weighted by molar-refractivity contribution is 5.97. The average molecular weight is 508 g/mol. The van der Waals surface area contributed by atoms with Gasteiger partial charge in [-0.15, -0.1) is 0 Å². The number of carbonyl (C=O) groups excluding carboxylic acids is 3. The molecule has 2 bridgehead atoms. The molecule has 1 fully saturated rings. The first-order chi connectivity index (χ1) is 18.0. The highest BCUT2D eigenvalue weighted by Crippen LogP contribution is 2.34. The number of nitrogens with zero attached hydrogens (tertiary/aromatic N) is 1. The van der Waals surface area contributed by atoms with E-state index < -0.39 is 6.09 Å². The van der Waals surface area contributed by atoms with E-state index in [0.717, 1.165) is 68.2 Å². The first-order valence-corrected chi connectivity index (χ1v) is 13.2. The molecule has 1 atom stereocenters. The Morgan fingerprint density at radius 1 is 1.08 bits per heavy atom. The summed E-state index contributed by atoms with van der Waals surface area (Å²) in [5.41, 5.74) is 9.40. The van der Waals surface area contributed by atoms with Gasteiger partial charge < -0.3 is 21.1 Å². The third-order valence-electron chi connectivity index (χ3n) is 7.44. The molecule has 1 aliphatic heterocycles. The average Bonchev–Trinajstić information content (AvgIpc) is 2.92. The Hall–Kier alpha value is -3.46. The van der Waals surface area contributed by atoms with Crippen LogP contribution in [0.2, 0.25) is 0 Å². The predicted molar refractivity (Wildman–Crippen MR) is 143 cm³/mol. The van der Waals surface area contributed by atoms with Gasteiger partial charge in [-0.05, 0) is 80.8 Å². The molecule has 0 radical (unpaired) electrons. The Bertz CT molecular complexity index is 1110. The molecule has 2 heterocycles. The summed E-state index contributed by atoms with van der Waals surface area (Å²) in [7, 11) is 1.30. The molecule has 1 saturated carbocycles. The van der Waals surface area contributed by atoms with Crippen LogP contribution in [-0.2, 0) is 14.3 Å². The summed E-state index contributed by atoms with van der Waals surface area (Å²) in [5.74, 6) is 0.543. The maximum absolute atomic E-state index is 13.2. The summed E-state index contributed by atoms with van der Waals surface area (Å²) in [5, 5.41) is 8.94. The molecule has 2 aromatic rings. The summed E-state index contributed by atoms with van der Waals surface area (Å²) < 4.78 is 4.69. The summed E-state index contributed by atoms with van der Waals surface area (Å²) in [6.45, 7) is 0.687. The third-order valence-corrected chi connectivity index (χ3v) is 7.44. The van der Waals surface area contributed by atoms with Crippen molar-refractivity contribution in [2.45, 2.75) is 63.8 Å². The number of anilines is 2. The summed E-state index contributed by atoms with van der Waals surface area (Å²) in [4.78, 5) is 42.2. The molecule has 1 aromatic carbocycles. The quantitative estimate of drug-likeness (QED) is 0.471. The van der Waals surface area contributed by atoms with Gasteiger partial charge in [0.15, 0.2) is 0 Å². The van der Waals surface area contributed by atoms with Gasteiger partial charge in [0.05, 0.1) is 24.5 Å². The number of fused-ring (bicyclic) bond motifs is 4. The number of methoxy groups -OCH3 is 1. The van der Waals surface area contributed by atoms with E-state index in [4.69, 9.17) is 10.5 Å². The van der Waals surface area contributed by atoms with Gasteiger partial charge in [-0.2, -0.15) is 0 Å². The minimum Gasteiger partial charge on any atom is -0.453 e. The number of ether oxygens (including phenoxy) is 1. The molecule has 9 heteroatoms. The van der Waals surface area contributed by atoms with Gasteiger partial charge in [0.1, 0.15) is 0 Å². The highest BCUT2D eigenvalue weighted by atomic mass is 16.5. The number of carbonyl (C=O) groups is 3. The monoisotopic (exact) mass is 507 g/mol. The molecule has 2 aliphatic rings. The van der Waals surface area contributed by atoms with Crippen LogP contribution in [0, 0.1) is 11.8 Å². The molecule has 1 aromatic heterocycles. The van der Waals surface area contributed by atoms with Crippen molar-refractivity contribution in [3.05, 3.63) is 42.2 Å². The van der Waals surface area contributed by atoms with E-state index in [-0.39, 0.29) is 23.8 Å². The molecule has 0 spiro atoms. The Balaban J connectivity index is 1.61. The second-order valence-electron chi connectivity index (χ2n) is 10.0. The van der Waals surface area contributed by atoms with Crippen LogP contribution in [0.25, 0.3) is 11.1 Å². The van der Waals surface area contributed by atoms with Gasteiger partial charge in [-0.3, -0.25) is 19.9 Å². The zero-order valence-electron chi connectivity index (χ0n) is 21.4. The van der Waals surface area contributed by atoms with Gasteiger partial charge in [0.25, 0.3) is 0 Å². The SMILES string of the molecule is COC(=O)Nc1ccc2c(c1)NC(=O)CCCCC[C@H](NC(=O)[C@H]1CC[C@H](CN)CC1)c1cc-2ccn1. The molecule has 0 saturated heterocycles. The van der Waals surface area contributed by atoms with Gasteiger partial charge >= 0.3 is 6.09 Å². The molecule has 0 unspecified atom stereocenters. The highest BCUT2D eigenvalue weighted by Gasteiger charge is 2.28. The second-order valence-corrected chi connectivity index (χ2v) is 10.0. The molecule has 37 heavy (non-hydrogen) atoms. The van der Waals surface area contributed by atoms with Crippen molar-refractivity contribution in [3.8, 4) is 11.1 Å². The van der Waals surface area contributed by atoms with Crippen LogP contribution in [0.1, 0.15) is 69.5 Å². The Morgan fingerprint density at radius 3 is 2.65 bits per heavy atom. The van der Waals surface area contributed by atoms with E-state index in [1.165, 1.54) is 7.11 Å². The lowest BCUT2D eigenvalue weighted by molar-refractivity contribution is -0.127. The number of rotatable bonds is 4. The van der Waals surface area contributed by atoms with E-state index in [2.05, 4.69) is 20.9 Å². The van der Waals surface area contributed by atoms with Gasteiger partial charge in [0.2, 0.25) is 11.8 Å². The van der Waals surface area contributed by atoms with Crippen molar-refractivity contribution < 1.29 is 19.1 Å². The molecule has 3 amide bonds. The number of hydrogen-bond acceptors (Lipinski definition) is 6. The number of aromatic nitrogens is 1. The van der Waals surface area contributed by atoms with Crippen LogP contribution in [0.3, 0.4) is 0 Å². The van der Waals surface area contributed by atoms with Crippen molar-refractivity contribution in [1.29, 1.82) is 0 Å². The number of pyridine rings is 1.